The first-order valence-electron chi connectivity index (χ1n) is 9.71. The lowest BCUT2D eigenvalue weighted by Crippen LogP contribution is -2.19. The van der Waals surface area contributed by atoms with E-state index >= 15 is 0 Å². The molecule has 162 valence electrons. The first-order chi connectivity index (χ1) is 16.0. The Bertz CT molecular complexity index is 1440. The molecule has 0 saturated carbocycles. The monoisotopic (exact) mass is 474 g/mol. The number of aromatic nitrogens is 1. The predicted octanol–water partition coefficient (Wildman–Crippen LogP) is 5.78. The number of rotatable bonds is 5. The average molecular weight is 475 g/mol. The van der Waals surface area contributed by atoms with E-state index in [0.717, 1.165) is 15.8 Å². The van der Waals surface area contributed by atoms with Gasteiger partial charge in [0.1, 0.15) is 5.76 Å². The van der Waals surface area contributed by atoms with Crippen LogP contribution in [0.2, 0.25) is 0 Å². The van der Waals surface area contributed by atoms with Gasteiger partial charge >= 0.3 is 0 Å². The lowest BCUT2D eigenvalue weighted by molar-refractivity contribution is -0.384. The molecule has 0 radical (unpaired) electrons. The quantitative estimate of drug-likeness (QED) is 0.222. The number of amidine groups is 1. The van der Waals surface area contributed by atoms with Gasteiger partial charge in [0.15, 0.2) is 10.3 Å². The number of nitrogens with one attached hydrogen (secondary N) is 1. The molecule has 1 aliphatic heterocycles. The molecule has 1 saturated heterocycles. The number of aliphatic imine (C=N–C) groups is 1. The number of para-hydroxylation sites is 1. The highest BCUT2D eigenvalue weighted by atomic mass is 32.2. The van der Waals surface area contributed by atoms with Crippen molar-refractivity contribution in [2.75, 3.05) is 0 Å². The molecule has 2 aromatic heterocycles. The maximum atomic E-state index is 12.3. The van der Waals surface area contributed by atoms with Gasteiger partial charge in [0.05, 0.1) is 21.0 Å². The average Bonchev–Trinajstić information content (AvgIpc) is 3.40. The van der Waals surface area contributed by atoms with Crippen LogP contribution in [0.25, 0.3) is 17.0 Å². The number of hydrogen-bond acceptors (Lipinski definition) is 8. The Labute approximate surface area is 196 Å². The fourth-order valence-electron chi connectivity index (χ4n) is 3.11. The number of thioether (sulfide) groups is 1. The number of carbonyl (C=O) groups is 1. The minimum absolute atomic E-state index is 0.0200. The summed E-state index contributed by atoms with van der Waals surface area (Å²) >= 11 is 2.64. The van der Waals surface area contributed by atoms with Crippen LogP contribution in [0.15, 0.2) is 97.2 Å². The molecule has 0 bridgehead atoms. The number of furan rings is 1. The fraction of sp³-hybridized carbons (Fsp3) is 0. The van der Waals surface area contributed by atoms with E-state index in [0.29, 0.717) is 26.6 Å². The third-order valence-corrected chi connectivity index (χ3v) is 6.50. The van der Waals surface area contributed by atoms with Crippen LogP contribution in [-0.4, -0.2) is 21.0 Å². The fourth-order valence-corrected chi connectivity index (χ4v) is 4.84. The molecule has 1 fully saturated rings. The number of nitrogens with zero attached hydrogens (tertiary/aromatic N) is 3. The van der Waals surface area contributed by atoms with Crippen molar-refractivity contribution < 1.29 is 14.1 Å². The van der Waals surface area contributed by atoms with Crippen molar-refractivity contribution in [3.8, 4) is 0 Å². The van der Waals surface area contributed by atoms with Crippen molar-refractivity contribution in [1.29, 1.82) is 0 Å². The van der Waals surface area contributed by atoms with Gasteiger partial charge in [0, 0.05) is 34.7 Å². The zero-order valence-corrected chi connectivity index (χ0v) is 18.4. The van der Waals surface area contributed by atoms with E-state index in [1.54, 1.807) is 18.3 Å². The van der Waals surface area contributed by atoms with Gasteiger partial charge in [-0.3, -0.25) is 19.9 Å². The number of nitro benzene ring substituents is 1. The van der Waals surface area contributed by atoms with E-state index in [4.69, 9.17) is 4.42 Å². The van der Waals surface area contributed by atoms with Gasteiger partial charge in [-0.2, -0.15) is 0 Å². The van der Waals surface area contributed by atoms with Gasteiger partial charge in [-0.05, 0) is 59.9 Å². The van der Waals surface area contributed by atoms with E-state index in [2.05, 4.69) is 15.3 Å². The highest BCUT2D eigenvalue weighted by Gasteiger charge is 2.24. The van der Waals surface area contributed by atoms with Crippen molar-refractivity contribution >= 4 is 63.0 Å². The van der Waals surface area contributed by atoms with E-state index in [1.807, 2.05) is 36.4 Å². The molecule has 1 N–H and O–H groups in total. The Kier molecular flexibility index (Phi) is 5.68. The SMILES string of the molecule is O=C1NC(=Nc2ccc([N+](=O)[O-])cc2)S/C1=C\c1ccc(Sc2cccc3cccnc23)o1. The summed E-state index contributed by atoms with van der Waals surface area (Å²) in [6.45, 7) is 0. The van der Waals surface area contributed by atoms with Crippen molar-refractivity contribution in [3.05, 3.63) is 93.7 Å². The smallest absolute Gasteiger partial charge is 0.269 e. The summed E-state index contributed by atoms with van der Waals surface area (Å²) in [6.07, 6.45) is 3.42. The number of non-ortho nitro benzene ring substituents is 1. The maximum Gasteiger partial charge on any atom is 0.269 e. The highest BCUT2D eigenvalue weighted by Crippen LogP contribution is 2.35. The molecular formula is C23H14N4O4S2. The number of carbonyl (C=O) groups excluding carboxylic acids is 1. The molecule has 33 heavy (non-hydrogen) atoms. The van der Waals surface area contributed by atoms with Crippen LogP contribution in [0.4, 0.5) is 11.4 Å². The van der Waals surface area contributed by atoms with E-state index in [1.165, 1.54) is 47.8 Å². The van der Waals surface area contributed by atoms with Crippen LogP contribution < -0.4 is 5.32 Å². The Hall–Kier alpha value is -3.89. The van der Waals surface area contributed by atoms with Gasteiger partial charge in [-0.15, -0.1) is 0 Å². The van der Waals surface area contributed by atoms with Gasteiger partial charge in [-0.1, -0.05) is 18.2 Å². The van der Waals surface area contributed by atoms with Crippen molar-refractivity contribution in [2.24, 2.45) is 4.99 Å². The first-order valence-corrected chi connectivity index (χ1v) is 11.3. The van der Waals surface area contributed by atoms with Crippen LogP contribution in [-0.2, 0) is 4.79 Å². The number of pyridine rings is 1. The molecule has 10 heteroatoms. The standard InChI is InChI=1S/C23H14N4O4S2/c28-22-19(33-23(26-22)25-15-6-8-16(9-7-15)27(29)30)13-17-10-11-20(31-17)32-18-5-1-3-14-4-2-12-24-21(14)18/h1-13H,(H,25,26,28)/b19-13-. The van der Waals surface area contributed by atoms with E-state index in [-0.39, 0.29) is 11.6 Å². The number of amides is 1. The first kappa shape index (κ1) is 21.0. The van der Waals surface area contributed by atoms with E-state index in [9.17, 15) is 14.9 Å². The van der Waals surface area contributed by atoms with Crippen LogP contribution in [0, 0.1) is 10.1 Å². The van der Waals surface area contributed by atoms with Gasteiger partial charge in [0.25, 0.3) is 11.6 Å². The second-order valence-electron chi connectivity index (χ2n) is 6.85. The van der Waals surface area contributed by atoms with Crippen LogP contribution in [0.3, 0.4) is 0 Å². The van der Waals surface area contributed by atoms with Gasteiger partial charge < -0.3 is 9.73 Å². The molecule has 8 nitrogen and oxygen atoms in total. The van der Waals surface area contributed by atoms with E-state index < -0.39 is 4.92 Å². The van der Waals surface area contributed by atoms with Crippen LogP contribution in [0.5, 0.6) is 0 Å². The summed E-state index contributed by atoms with van der Waals surface area (Å²) in [6, 6.07) is 19.3. The number of fused-ring (bicyclic) bond motifs is 1. The van der Waals surface area contributed by atoms with Crippen molar-refractivity contribution in [2.45, 2.75) is 9.99 Å². The van der Waals surface area contributed by atoms with Gasteiger partial charge in [0.2, 0.25) is 0 Å². The third kappa shape index (κ3) is 4.66. The van der Waals surface area contributed by atoms with Crippen molar-refractivity contribution in [1.82, 2.24) is 10.3 Å². The molecule has 3 heterocycles. The molecule has 4 aromatic rings. The topological polar surface area (TPSA) is 111 Å². The van der Waals surface area contributed by atoms with Crippen LogP contribution >= 0.6 is 23.5 Å². The largest absolute Gasteiger partial charge is 0.450 e. The third-order valence-electron chi connectivity index (χ3n) is 4.62. The number of nitro groups is 1. The predicted molar refractivity (Wildman–Crippen MR) is 128 cm³/mol. The molecule has 1 amide bonds. The summed E-state index contributed by atoms with van der Waals surface area (Å²) in [5.74, 6) is 0.254. The summed E-state index contributed by atoms with van der Waals surface area (Å²) in [5.41, 5.74) is 1.39. The Morgan fingerprint density at radius 2 is 1.91 bits per heavy atom. The minimum Gasteiger partial charge on any atom is -0.450 e. The molecule has 0 atom stereocenters. The zero-order valence-electron chi connectivity index (χ0n) is 16.8. The second-order valence-corrected chi connectivity index (χ2v) is 8.92. The Morgan fingerprint density at radius 3 is 2.73 bits per heavy atom. The molecule has 5 rings (SSSR count). The van der Waals surface area contributed by atoms with Crippen molar-refractivity contribution in [3.63, 3.8) is 0 Å². The Morgan fingerprint density at radius 1 is 1.09 bits per heavy atom. The number of benzene rings is 2. The molecule has 1 aliphatic rings. The summed E-state index contributed by atoms with van der Waals surface area (Å²) in [4.78, 5) is 32.8. The molecule has 0 spiro atoms. The zero-order chi connectivity index (χ0) is 22.8. The summed E-state index contributed by atoms with van der Waals surface area (Å²) < 4.78 is 5.90. The minimum atomic E-state index is -0.476. The maximum absolute atomic E-state index is 12.3. The Balaban J connectivity index is 1.32. The second kappa shape index (κ2) is 8.93. The van der Waals surface area contributed by atoms with Crippen LogP contribution in [0.1, 0.15) is 5.76 Å². The molecule has 0 aliphatic carbocycles. The summed E-state index contributed by atoms with van der Waals surface area (Å²) in [5, 5.41) is 15.6. The molecule has 0 unspecified atom stereocenters. The molecular weight excluding hydrogens is 460 g/mol. The number of hydrogen-bond donors (Lipinski definition) is 1. The highest BCUT2D eigenvalue weighted by molar-refractivity contribution is 8.18. The lowest BCUT2D eigenvalue weighted by atomic mass is 10.2. The lowest BCUT2D eigenvalue weighted by Gasteiger charge is -2.02. The molecule has 2 aromatic carbocycles. The normalized spacial score (nSPS) is 15.9. The summed E-state index contributed by atoms with van der Waals surface area (Å²) in [7, 11) is 0. The van der Waals surface area contributed by atoms with Gasteiger partial charge in [-0.25, -0.2) is 4.99 Å².